The summed E-state index contributed by atoms with van der Waals surface area (Å²) in [5.41, 5.74) is 0. The number of guanidine groups is 1. The van der Waals surface area contributed by atoms with Crippen LogP contribution in [-0.4, -0.2) is 42.9 Å². The fraction of sp³-hybridized carbons (Fsp3) is 0.400. The monoisotopic (exact) mass is 499 g/mol. The molecule has 0 saturated heterocycles. The molecule has 0 aliphatic carbocycles. The van der Waals surface area contributed by atoms with Crippen molar-refractivity contribution in [2.45, 2.75) is 24.7 Å². The Kier molecular flexibility index (Phi) is 13.6. The predicted octanol–water partition coefficient (Wildman–Crippen LogP) is 4.24. The van der Waals surface area contributed by atoms with Gasteiger partial charge in [0.2, 0.25) is 0 Å². The summed E-state index contributed by atoms with van der Waals surface area (Å²) < 4.78 is 0. The second-order valence-electron chi connectivity index (χ2n) is 5.70. The standard InChI is InChI=1S/C20H29N5S.HI/c1-2-21-20(25-16-17-26-18-10-4-3-5-11-18)24-15-9-8-14-23-19-12-6-7-13-22-19;/h3-7,10-13H,2,8-9,14-17H2,1H3,(H,22,23)(H2,21,24,25);1H. The Morgan fingerprint density at radius 1 is 1.00 bits per heavy atom. The molecule has 1 aromatic carbocycles. The van der Waals surface area contributed by atoms with E-state index in [2.05, 4.69) is 57.1 Å². The Labute approximate surface area is 184 Å². The molecule has 7 heteroatoms. The van der Waals surface area contributed by atoms with Crippen LogP contribution < -0.4 is 16.0 Å². The van der Waals surface area contributed by atoms with Crippen molar-refractivity contribution in [2.24, 2.45) is 4.99 Å². The van der Waals surface area contributed by atoms with E-state index in [1.807, 2.05) is 36.0 Å². The number of aliphatic imine (C=N–C) groups is 1. The number of thioether (sulfide) groups is 1. The van der Waals surface area contributed by atoms with Gasteiger partial charge in [0.25, 0.3) is 0 Å². The maximum atomic E-state index is 4.64. The Bertz CT molecular complexity index is 625. The summed E-state index contributed by atoms with van der Waals surface area (Å²) in [5.74, 6) is 2.85. The summed E-state index contributed by atoms with van der Waals surface area (Å²) in [4.78, 5) is 10.2. The predicted molar refractivity (Wildman–Crippen MR) is 129 cm³/mol. The molecule has 0 radical (unpaired) electrons. The fourth-order valence-corrected chi connectivity index (χ4v) is 3.10. The van der Waals surface area contributed by atoms with Crippen LogP contribution >= 0.6 is 35.7 Å². The lowest BCUT2D eigenvalue weighted by Crippen LogP contribution is -2.38. The van der Waals surface area contributed by atoms with E-state index in [1.54, 1.807) is 6.20 Å². The van der Waals surface area contributed by atoms with E-state index >= 15 is 0 Å². The lowest BCUT2D eigenvalue weighted by Gasteiger charge is -2.11. The van der Waals surface area contributed by atoms with Crippen LogP contribution in [0.3, 0.4) is 0 Å². The van der Waals surface area contributed by atoms with Gasteiger partial charge >= 0.3 is 0 Å². The van der Waals surface area contributed by atoms with Crippen LogP contribution in [0.25, 0.3) is 0 Å². The highest BCUT2D eigenvalue weighted by Gasteiger charge is 1.98. The summed E-state index contributed by atoms with van der Waals surface area (Å²) in [6.45, 7) is 5.60. The summed E-state index contributed by atoms with van der Waals surface area (Å²) in [7, 11) is 0. The molecule has 0 bridgehead atoms. The van der Waals surface area contributed by atoms with E-state index in [4.69, 9.17) is 0 Å². The largest absolute Gasteiger partial charge is 0.370 e. The first-order valence-corrected chi connectivity index (χ1v) is 10.2. The molecule has 0 saturated carbocycles. The zero-order chi connectivity index (χ0) is 18.3. The number of anilines is 1. The molecule has 1 aromatic heterocycles. The average Bonchev–Trinajstić information content (AvgIpc) is 2.69. The van der Waals surface area contributed by atoms with Gasteiger partial charge in [0.1, 0.15) is 5.82 Å². The third-order valence-corrected chi connectivity index (χ3v) is 4.59. The van der Waals surface area contributed by atoms with Crippen molar-refractivity contribution in [3.05, 3.63) is 54.7 Å². The molecule has 0 atom stereocenters. The fourth-order valence-electron chi connectivity index (χ4n) is 2.31. The van der Waals surface area contributed by atoms with Crippen LogP contribution in [0.15, 0.2) is 64.6 Å². The van der Waals surface area contributed by atoms with Crippen molar-refractivity contribution in [1.82, 2.24) is 15.6 Å². The van der Waals surface area contributed by atoms with E-state index in [0.717, 1.165) is 56.6 Å². The van der Waals surface area contributed by atoms with Crippen LogP contribution in [0.4, 0.5) is 5.82 Å². The van der Waals surface area contributed by atoms with Crippen LogP contribution in [-0.2, 0) is 0 Å². The number of pyridine rings is 1. The first-order chi connectivity index (χ1) is 12.9. The number of nitrogens with zero attached hydrogens (tertiary/aromatic N) is 2. The van der Waals surface area contributed by atoms with Gasteiger partial charge in [0.15, 0.2) is 5.96 Å². The molecule has 2 aromatic rings. The molecule has 0 unspecified atom stereocenters. The normalized spacial score (nSPS) is 10.8. The Balaban J connectivity index is 0.00000364. The topological polar surface area (TPSA) is 61.3 Å². The molecule has 5 nitrogen and oxygen atoms in total. The van der Waals surface area contributed by atoms with Crippen molar-refractivity contribution >= 4 is 47.5 Å². The molecular formula is C20H30IN5S. The van der Waals surface area contributed by atoms with Gasteiger partial charge in [-0.15, -0.1) is 35.7 Å². The first-order valence-electron chi connectivity index (χ1n) is 9.23. The molecule has 1 heterocycles. The van der Waals surface area contributed by atoms with Gasteiger partial charge in [-0.05, 0) is 44.0 Å². The highest BCUT2D eigenvalue weighted by atomic mass is 127. The van der Waals surface area contributed by atoms with Gasteiger partial charge in [-0.1, -0.05) is 24.3 Å². The van der Waals surface area contributed by atoms with E-state index in [1.165, 1.54) is 4.90 Å². The number of rotatable bonds is 11. The maximum absolute atomic E-state index is 4.64. The van der Waals surface area contributed by atoms with Gasteiger partial charge in [-0.3, -0.25) is 4.99 Å². The average molecular weight is 499 g/mol. The molecule has 3 N–H and O–H groups in total. The van der Waals surface area contributed by atoms with Gasteiger partial charge in [0.05, 0.1) is 0 Å². The third kappa shape index (κ3) is 11.1. The number of halogens is 1. The quantitative estimate of drug-likeness (QED) is 0.142. The molecule has 0 fully saturated rings. The van der Waals surface area contributed by atoms with Crippen molar-refractivity contribution in [1.29, 1.82) is 0 Å². The summed E-state index contributed by atoms with van der Waals surface area (Å²) in [5, 5.41) is 10.0. The van der Waals surface area contributed by atoms with Crippen LogP contribution in [0.5, 0.6) is 0 Å². The second kappa shape index (κ2) is 15.6. The SMILES string of the molecule is CCNC(=NCCCCNc1ccccn1)NCCSc1ccccc1.I. The van der Waals surface area contributed by atoms with Crippen LogP contribution in [0, 0.1) is 0 Å². The van der Waals surface area contributed by atoms with Crippen molar-refractivity contribution < 1.29 is 0 Å². The lowest BCUT2D eigenvalue weighted by atomic mass is 10.3. The minimum Gasteiger partial charge on any atom is -0.370 e. The molecule has 0 aliphatic rings. The summed E-state index contributed by atoms with van der Waals surface area (Å²) in [6.07, 6.45) is 3.93. The van der Waals surface area contributed by atoms with Gasteiger partial charge < -0.3 is 16.0 Å². The molecule has 0 amide bonds. The zero-order valence-corrected chi connectivity index (χ0v) is 19.0. The Morgan fingerprint density at radius 2 is 1.81 bits per heavy atom. The van der Waals surface area contributed by atoms with E-state index in [9.17, 15) is 0 Å². The Morgan fingerprint density at radius 3 is 2.56 bits per heavy atom. The molecule has 2 rings (SSSR count). The molecular weight excluding hydrogens is 469 g/mol. The van der Waals surface area contributed by atoms with Crippen molar-refractivity contribution in [2.75, 3.05) is 37.2 Å². The third-order valence-electron chi connectivity index (χ3n) is 3.58. The number of aromatic nitrogens is 1. The smallest absolute Gasteiger partial charge is 0.191 e. The van der Waals surface area contributed by atoms with E-state index in [0.29, 0.717) is 0 Å². The number of hydrogen-bond donors (Lipinski definition) is 3. The Hall–Kier alpha value is -1.48. The van der Waals surface area contributed by atoms with Crippen LogP contribution in [0.1, 0.15) is 19.8 Å². The highest BCUT2D eigenvalue weighted by Crippen LogP contribution is 2.15. The van der Waals surface area contributed by atoms with E-state index < -0.39 is 0 Å². The number of benzene rings is 1. The number of hydrogen-bond acceptors (Lipinski definition) is 4. The zero-order valence-electron chi connectivity index (χ0n) is 15.9. The van der Waals surface area contributed by atoms with Crippen LogP contribution in [0.2, 0.25) is 0 Å². The summed E-state index contributed by atoms with van der Waals surface area (Å²) >= 11 is 1.85. The van der Waals surface area contributed by atoms with Crippen molar-refractivity contribution in [3.63, 3.8) is 0 Å². The van der Waals surface area contributed by atoms with Gasteiger partial charge in [-0.25, -0.2) is 4.98 Å². The molecule has 27 heavy (non-hydrogen) atoms. The number of nitrogens with one attached hydrogen (secondary N) is 3. The molecule has 148 valence electrons. The van der Waals surface area contributed by atoms with Gasteiger partial charge in [-0.2, -0.15) is 0 Å². The highest BCUT2D eigenvalue weighted by molar-refractivity contribution is 14.0. The maximum Gasteiger partial charge on any atom is 0.191 e. The minimum absolute atomic E-state index is 0. The second-order valence-corrected chi connectivity index (χ2v) is 6.87. The first kappa shape index (κ1) is 23.6. The minimum atomic E-state index is 0. The molecule has 0 aliphatic heterocycles. The molecule has 0 spiro atoms. The lowest BCUT2D eigenvalue weighted by molar-refractivity contribution is 0.757. The van der Waals surface area contributed by atoms with Crippen molar-refractivity contribution in [3.8, 4) is 0 Å². The van der Waals surface area contributed by atoms with Gasteiger partial charge in [0, 0.05) is 43.0 Å². The number of unbranched alkanes of at least 4 members (excludes halogenated alkanes) is 1. The summed E-state index contributed by atoms with van der Waals surface area (Å²) in [6, 6.07) is 16.4. The van der Waals surface area contributed by atoms with E-state index in [-0.39, 0.29) is 24.0 Å².